The van der Waals surface area contributed by atoms with E-state index in [0.717, 1.165) is 38.5 Å². The van der Waals surface area contributed by atoms with Crippen LogP contribution in [0.2, 0.25) is 5.02 Å². The molecule has 0 spiro atoms. The molecular formula is C20H23BrClN5O. The van der Waals surface area contributed by atoms with Crippen LogP contribution in [0.5, 0.6) is 0 Å². The topological polar surface area (TPSA) is 64.7 Å². The minimum Gasteiger partial charge on any atom is -0.326 e. The summed E-state index contributed by atoms with van der Waals surface area (Å²) in [7, 11) is 0. The lowest BCUT2D eigenvalue weighted by atomic mass is 10.2. The zero-order valence-electron chi connectivity index (χ0n) is 16.4. The Labute approximate surface area is 178 Å². The van der Waals surface area contributed by atoms with Crippen molar-refractivity contribution in [1.29, 1.82) is 0 Å². The van der Waals surface area contributed by atoms with Gasteiger partial charge in [-0.2, -0.15) is 10.2 Å². The summed E-state index contributed by atoms with van der Waals surface area (Å²) in [6.07, 6.45) is 0.326. The highest BCUT2D eigenvalue weighted by Gasteiger charge is 2.12. The Balaban J connectivity index is 1.62. The third-order valence-electron chi connectivity index (χ3n) is 4.68. The molecule has 6 nitrogen and oxygen atoms in total. The molecule has 3 rings (SSSR count). The highest BCUT2D eigenvalue weighted by atomic mass is 79.9. The molecule has 1 amide bonds. The summed E-state index contributed by atoms with van der Waals surface area (Å²) in [5.74, 6) is -0.0605. The molecule has 0 saturated heterocycles. The minimum absolute atomic E-state index is 0.0605. The van der Waals surface area contributed by atoms with Gasteiger partial charge in [-0.25, -0.2) is 0 Å². The fraction of sp³-hybridized carbons (Fsp3) is 0.350. The number of hydrogen-bond acceptors (Lipinski definition) is 3. The van der Waals surface area contributed by atoms with Crippen molar-refractivity contribution < 1.29 is 4.79 Å². The van der Waals surface area contributed by atoms with Crippen LogP contribution in [0.4, 0.5) is 5.69 Å². The van der Waals surface area contributed by atoms with E-state index in [0.29, 0.717) is 24.5 Å². The van der Waals surface area contributed by atoms with Gasteiger partial charge in [0, 0.05) is 12.1 Å². The van der Waals surface area contributed by atoms with Gasteiger partial charge in [0.25, 0.3) is 0 Å². The lowest BCUT2D eigenvalue weighted by Crippen LogP contribution is -2.16. The summed E-state index contributed by atoms with van der Waals surface area (Å²) in [6.45, 7) is 8.90. The van der Waals surface area contributed by atoms with E-state index in [2.05, 4.69) is 31.4 Å². The van der Waals surface area contributed by atoms with Crippen molar-refractivity contribution in [2.24, 2.45) is 0 Å². The molecule has 0 bridgehead atoms. The Morgan fingerprint density at radius 2 is 1.82 bits per heavy atom. The van der Waals surface area contributed by atoms with Crippen LogP contribution < -0.4 is 5.32 Å². The third-order valence-corrected chi connectivity index (χ3v) is 6.37. The highest BCUT2D eigenvalue weighted by molar-refractivity contribution is 9.10. The average Bonchev–Trinajstić information content (AvgIpc) is 3.04. The lowest BCUT2D eigenvalue weighted by molar-refractivity contribution is -0.116. The normalized spacial score (nSPS) is 11.1. The fourth-order valence-corrected chi connectivity index (χ4v) is 3.49. The van der Waals surface area contributed by atoms with Crippen LogP contribution in [0.25, 0.3) is 0 Å². The maximum atomic E-state index is 12.4. The van der Waals surface area contributed by atoms with Gasteiger partial charge in [0.1, 0.15) is 0 Å². The summed E-state index contributed by atoms with van der Waals surface area (Å²) in [5, 5.41) is 12.5. The monoisotopic (exact) mass is 463 g/mol. The largest absolute Gasteiger partial charge is 0.326 e. The first-order valence-electron chi connectivity index (χ1n) is 9.04. The van der Waals surface area contributed by atoms with Gasteiger partial charge >= 0.3 is 0 Å². The molecule has 8 heteroatoms. The van der Waals surface area contributed by atoms with E-state index >= 15 is 0 Å². The summed E-state index contributed by atoms with van der Waals surface area (Å²) < 4.78 is 4.75. The predicted octanol–water partition coefficient (Wildman–Crippen LogP) is 4.81. The molecule has 0 unspecified atom stereocenters. The Morgan fingerprint density at radius 3 is 2.43 bits per heavy atom. The van der Waals surface area contributed by atoms with Gasteiger partial charge in [-0.1, -0.05) is 23.7 Å². The van der Waals surface area contributed by atoms with E-state index in [4.69, 9.17) is 11.6 Å². The Morgan fingerprint density at radius 1 is 1.11 bits per heavy atom. The van der Waals surface area contributed by atoms with E-state index in [1.165, 1.54) is 0 Å². The third kappa shape index (κ3) is 4.47. The fourth-order valence-electron chi connectivity index (χ4n) is 3.07. The molecule has 0 saturated carbocycles. The first kappa shape index (κ1) is 20.6. The van der Waals surface area contributed by atoms with Gasteiger partial charge in [0.15, 0.2) is 0 Å². The summed E-state index contributed by atoms with van der Waals surface area (Å²) in [4.78, 5) is 12.4. The Hall–Kier alpha value is -2.12. The van der Waals surface area contributed by atoms with Gasteiger partial charge in [-0.05, 0) is 61.3 Å². The molecule has 3 aromatic rings. The van der Waals surface area contributed by atoms with Crippen molar-refractivity contribution in [3.05, 3.63) is 62.1 Å². The second kappa shape index (κ2) is 8.49. The molecule has 0 aliphatic rings. The molecule has 0 atom stereocenters. The van der Waals surface area contributed by atoms with E-state index < -0.39 is 0 Å². The molecule has 0 radical (unpaired) electrons. The second-order valence-corrected chi connectivity index (χ2v) is 8.02. The first-order chi connectivity index (χ1) is 13.3. The maximum Gasteiger partial charge on any atom is 0.226 e. The molecule has 2 aromatic heterocycles. The smallest absolute Gasteiger partial charge is 0.226 e. The van der Waals surface area contributed by atoms with Crippen LogP contribution in [0, 0.1) is 27.7 Å². The predicted molar refractivity (Wildman–Crippen MR) is 115 cm³/mol. The Kier molecular flexibility index (Phi) is 6.25. The molecule has 0 aliphatic heterocycles. The number of halogens is 2. The van der Waals surface area contributed by atoms with Crippen molar-refractivity contribution in [1.82, 2.24) is 19.6 Å². The molecule has 28 heavy (non-hydrogen) atoms. The number of aryl methyl sites for hydroxylation is 3. The molecule has 148 valence electrons. The second-order valence-electron chi connectivity index (χ2n) is 6.85. The zero-order chi connectivity index (χ0) is 20.4. The van der Waals surface area contributed by atoms with Gasteiger partial charge in [-0.15, -0.1) is 0 Å². The van der Waals surface area contributed by atoms with Gasteiger partial charge in [0.05, 0.1) is 45.4 Å². The molecule has 0 aliphatic carbocycles. The van der Waals surface area contributed by atoms with Crippen molar-refractivity contribution in [2.75, 3.05) is 5.32 Å². The summed E-state index contributed by atoms with van der Waals surface area (Å²) in [6, 6.07) is 7.82. The van der Waals surface area contributed by atoms with Crippen molar-refractivity contribution >= 4 is 39.1 Å². The lowest BCUT2D eigenvalue weighted by Gasteiger charge is -2.09. The van der Waals surface area contributed by atoms with E-state index in [9.17, 15) is 4.79 Å². The number of carbonyl (C=O) groups is 1. The number of rotatable bonds is 6. The van der Waals surface area contributed by atoms with Crippen LogP contribution in [0.15, 0.2) is 28.7 Å². The van der Waals surface area contributed by atoms with Crippen molar-refractivity contribution in [3.8, 4) is 0 Å². The number of aromatic nitrogens is 4. The van der Waals surface area contributed by atoms with Crippen molar-refractivity contribution in [3.63, 3.8) is 0 Å². The molecule has 0 fully saturated rings. The standard InChI is InChI=1S/C20H23BrClN5O/c1-12-19(21)14(3)27(24-12)11-16-6-5-7-17(10-16)23-18(28)8-9-26-15(4)20(22)13(2)25-26/h5-7,10H,8-9,11H2,1-4H3,(H,23,28). The number of hydrogen-bond donors (Lipinski definition) is 1. The number of carbonyl (C=O) groups excluding carboxylic acids is 1. The summed E-state index contributed by atoms with van der Waals surface area (Å²) in [5.41, 5.74) is 5.55. The molecular weight excluding hydrogens is 442 g/mol. The van der Waals surface area contributed by atoms with E-state index in [1.807, 2.05) is 56.6 Å². The number of amides is 1. The highest BCUT2D eigenvalue weighted by Crippen LogP contribution is 2.22. The molecule has 2 heterocycles. The first-order valence-corrected chi connectivity index (χ1v) is 10.2. The quantitative estimate of drug-likeness (QED) is 0.569. The minimum atomic E-state index is -0.0605. The molecule has 1 aromatic carbocycles. The number of nitrogens with one attached hydrogen (secondary N) is 1. The van der Waals surface area contributed by atoms with Crippen LogP contribution >= 0.6 is 27.5 Å². The van der Waals surface area contributed by atoms with Gasteiger partial charge in [-0.3, -0.25) is 14.2 Å². The van der Waals surface area contributed by atoms with Gasteiger partial charge in [0.2, 0.25) is 5.91 Å². The van der Waals surface area contributed by atoms with E-state index in [-0.39, 0.29) is 5.91 Å². The Bertz CT molecular complexity index is 1020. The number of benzene rings is 1. The van der Waals surface area contributed by atoms with Gasteiger partial charge < -0.3 is 5.32 Å². The SMILES string of the molecule is Cc1nn(CCC(=O)Nc2cccc(Cn3nc(C)c(Br)c3C)c2)c(C)c1Cl. The van der Waals surface area contributed by atoms with Crippen LogP contribution in [-0.2, 0) is 17.9 Å². The number of nitrogens with zero attached hydrogens (tertiary/aromatic N) is 4. The van der Waals surface area contributed by atoms with Crippen LogP contribution in [0.3, 0.4) is 0 Å². The number of anilines is 1. The maximum absolute atomic E-state index is 12.4. The molecule has 1 N–H and O–H groups in total. The van der Waals surface area contributed by atoms with E-state index in [1.54, 1.807) is 4.68 Å². The van der Waals surface area contributed by atoms with Crippen molar-refractivity contribution in [2.45, 2.75) is 47.2 Å². The average molecular weight is 465 g/mol. The summed E-state index contributed by atoms with van der Waals surface area (Å²) >= 11 is 9.71. The van der Waals surface area contributed by atoms with Crippen LogP contribution in [0.1, 0.15) is 34.8 Å². The van der Waals surface area contributed by atoms with Crippen LogP contribution in [-0.4, -0.2) is 25.5 Å². The zero-order valence-corrected chi connectivity index (χ0v) is 18.7.